The first kappa shape index (κ1) is 16.6. The van der Waals surface area contributed by atoms with Crippen molar-refractivity contribution in [3.63, 3.8) is 0 Å². The van der Waals surface area contributed by atoms with E-state index in [1.165, 1.54) is 0 Å². The monoisotopic (exact) mass is 355 g/mol. The normalized spacial score (nSPS) is 24.5. The zero-order valence-electron chi connectivity index (χ0n) is 14.3. The molecule has 1 aliphatic heterocycles. The fraction of sp³-hybridized carbons (Fsp3) is 0.444. The van der Waals surface area contributed by atoms with Crippen LogP contribution in [0.25, 0.3) is 5.69 Å². The van der Waals surface area contributed by atoms with Gasteiger partial charge in [0.1, 0.15) is 6.33 Å². The maximum atomic E-state index is 12.5. The van der Waals surface area contributed by atoms with Crippen molar-refractivity contribution in [2.24, 2.45) is 11.3 Å². The number of likely N-dealkylation sites (tertiary alicyclic amines) is 1. The first-order valence-electron chi connectivity index (χ1n) is 8.81. The quantitative estimate of drug-likeness (QED) is 0.869. The minimum absolute atomic E-state index is 0.0544. The summed E-state index contributed by atoms with van der Waals surface area (Å²) in [4.78, 5) is 25.9. The largest absolute Gasteiger partial charge is 0.481 e. The van der Waals surface area contributed by atoms with Crippen LogP contribution in [0, 0.1) is 11.3 Å². The third kappa shape index (κ3) is 2.71. The maximum Gasteiger partial charge on any atom is 0.317 e. The van der Waals surface area contributed by atoms with Crippen molar-refractivity contribution in [2.75, 3.05) is 13.1 Å². The van der Waals surface area contributed by atoms with Gasteiger partial charge in [0.25, 0.3) is 0 Å². The number of nitrogens with zero attached hydrogens (tertiary/aromatic N) is 4. The van der Waals surface area contributed by atoms with Crippen molar-refractivity contribution in [3.8, 4) is 5.69 Å². The summed E-state index contributed by atoms with van der Waals surface area (Å²) in [5, 5.41) is 20.5. The Morgan fingerprint density at radius 3 is 2.85 bits per heavy atom. The van der Waals surface area contributed by atoms with Gasteiger partial charge in [-0.3, -0.25) is 9.36 Å². The summed E-state index contributed by atoms with van der Waals surface area (Å²) >= 11 is 0. The number of aliphatic carboxylic acids is 1. The van der Waals surface area contributed by atoms with E-state index in [9.17, 15) is 14.7 Å². The van der Waals surface area contributed by atoms with Gasteiger partial charge in [0.15, 0.2) is 5.82 Å². The number of hydrogen-bond acceptors (Lipinski definition) is 4. The van der Waals surface area contributed by atoms with Crippen LogP contribution in [0.2, 0.25) is 0 Å². The van der Waals surface area contributed by atoms with Gasteiger partial charge < -0.3 is 15.3 Å². The molecule has 2 amide bonds. The van der Waals surface area contributed by atoms with E-state index in [4.69, 9.17) is 0 Å². The lowest BCUT2D eigenvalue weighted by molar-refractivity contribution is -0.149. The highest BCUT2D eigenvalue weighted by molar-refractivity contribution is 5.80. The van der Waals surface area contributed by atoms with Gasteiger partial charge >= 0.3 is 12.0 Å². The van der Waals surface area contributed by atoms with Gasteiger partial charge in [0.2, 0.25) is 0 Å². The zero-order valence-corrected chi connectivity index (χ0v) is 14.3. The Bertz CT molecular complexity index is 821. The standard InChI is InChI=1S/C18H21N5O3/c24-16(25)18-8-4-5-13(18)10-22(11-18)17(26)19-9-15-21-20-12-23(15)14-6-2-1-3-7-14/h1-3,6-7,12-13H,4-5,8-11H2,(H,19,26)(H,24,25)/t13-,18+/m0/s1. The number of carbonyl (C=O) groups is 2. The highest BCUT2D eigenvalue weighted by atomic mass is 16.4. The predicted molar refractivity (Wildman–Crippen MR) is 92.6 cm³/mol. The minimum atomic E-state index is -0.779. The Kier molecular flexibility index (Phi) is 4.10. The number of nitrogens with one attached hydrogen (secondary N) is 1. The van der Waals surface area contributed by atoms with Gasteiger partial charge in [-0.1, -0.05) is 24.6 Å². The van der Waals surface area contributed by atoms with Crippen molar-refractivity contribution < 1.29 is 14.7 Å². The first-order valence-corrected chi connectivity index (χ1v) is 8.81. The fourth-order valence-electron chi connectivity index (χ4n) is 4.24. The van der Waals surface area contributed by atoms with Gasteiger partial charge in [0.05, 0.1) is 12.0 Å². The molecule has 2 N–H and O–H groups in total. The van der Waals surface area contributed by atoms with Crippen LogP contribution in [-0.2, 0) is 11.3 Å². The van der Waals surface area contributed by atoms with Crippen LogP contribution in [0.1, 0.15) is 25.1 Å². The molecule has 136 valence electrons. The lowest BCUT2D eigenvalue weighted by atomic mass is 9.81. The SMILES string of the molecule is O=C(NCc1nncn1-c1ccccc1)N1C[C@@H]2CCC[C@@]2(C(=O)O)C1. The van der Waals surface area contributed by atoms with E-state index in [0.717, 1.165) is 18.5 Å². The Morgan fingerprint density at radius 1 is 1.31 bits per heavy atom. The number of carbonyl (C=O) groups excluding carboxylic acids is 1. The molecule has 1 saturated carbocycles. The van der Waals surface area contributed by atoms with Crippen LogP contribution < -0.4 is 5.32 Å². The Morgan fingerprint density at radius 2 is 2.12 bits per heavy atom. The molecule has 2 aliphatic rings. The smallest absolute Gasteiger partial charge is 0.317 e. The summed E-state index contributed by atoms with van der Waals surface area (Å²) in [5.74, 6) is -0.102. The van der Waals surface area contributed by atoms with Gasteiger partial charge in [0, 0.05) is 18.8 Å². The Hall–Kier alpha value is -2.90. The summed E-state index contributed by atoms with van der Waals surface area (Å²) in [6.45, 7) is 1.02. The first-order chi connectivity index (χ1) is 12.6. The molecule has 0 spiro atoms. The molecular weight excluding hydrogens is 334 g/mol. The number of para-hydroxylation sites is 1. The number of urea groups is 1. The lowest BCUT2D eigenvalue weighted by Crippen LogP contribution is -2.41. The van der Waals surface area contributed by atoms with E-state index in [1.807, 2.05) is 34.9 Å². The molecule has 4 rings (SSSR count). The number of carboxylic acids is 1. The van der Waals surface area contributed by atoms with Crippen LogP contribution in [0.3, 0.4) is 0 Å². The molecule has 2 atom stereocenters. The number of fused-ring (bicyclic) bond motifs is 1. The van der Waals surface area contributed by atoms with Crippen molar-refractivity contribution >= 4 is 12.0 Å². The number of rotatable bonds is 4. The molecule has 1 aromatic heterocycles. The summed E-state index contributed by atoms with van der Waals surface area (Å²) < 4.78 is 1.82. The van der Waals surface area contributed by atoms with Crippen LogP contribution in [0.4, 0.5) is 4.79 Å². The number of benzene rings is 1. The van der Waals surface area contributed by atoms with Crippen molar-refractivity contribution in [2.45, 2.75) is 25.8 Å². The van der Waals surface area contributed by atoms with Gasteiger partial charge in [-0.25, -0.2) is 4.79 Å². The lowest BCUT2D eigenvalue weighted by Gasteiger charge is -2.23. The zero-order chi connectivity index (χ0) is 18.1. The summed E-state index contributed by atoms with van der Waals surface area (Å²) in [6.07, 6.45) is 4.06. The number of hydrogen-bond donors (Lipinski definition) is 2. The molecule has 26 heavy (non-hydrogen) atoms. The fourth-order valence-corrected chi connectivity index (χ4v) is 4.24. The maximum absolute atomic E-state index is 12.5. The average molecular weight is 355 g/mol. The van der Waals surface area contributed by atoms with E-state index < -0.39 is 11.4 Å². The molecule has 2 heterocycles. The topological polar surface area (TPSA) is 100 Å². The van der Waals surface area contributed by atoms with E-state index in [2.05, 4.69) is 15.5 Å². The number of aromatic nitrogens is 3. The van der Waals surface area contributed by atoms with Crippen LogP contribution >= 0.6 is 0 Å². The highest BCUT2D eigenvalue weighted by Crippen LogP contribution is 2.48. The third-order valence-electron chi connectivity index (χ3n) is 5.63. The molecule has 2 fully saturated rings. The predicted octanol–water partition coefficient (Wildman–Crippen LogP) is 1.66. The van der Waals surface area contributed by atoms with Crippen molar-refractivity contribution in [1.82, 2.24) is 25.0 Å². The molecule has 8 heteroatoms. The van der Waals surface area contributed by atoms with E-state index in [-0.39, 0.29) is 25.0 Å². The summed E-state index contributed by atoms with van der Waals surface area (Å²) in [5.41, 5.74) is 0.156. The van der Waals surface area contributed by atoms with Crippen molar-refractivity contribution in [3.05, 3.63) is 42.5 Å². The van der Waals surface area contributed by atoms with E-state index in [1.54, 1.807) is 11.2 Å². The average Bonchev–Trinajstić information content (AvgIpc) is 3.34. The second kappa shape index (κ2) is 6.44. The van der Waals surface area contributed by atoms with Crippen LogP contribution in [0.5, 0.6) is 0 Å². The molecule has 8 nitrogen and oxygen atoms in total. The number of carboxylic acid groups (broad SMARTS) is 1. The second-order valence-electron chi connectivity index (χ2n) is 7.04. The van der Waals surface area contributed by atoms with E-state index in [0.29, 0.717) is 18.8 Å². The van der Waals surface area contributed by atoms with Gasteiger partial charge in [-0.15, -0.1) is 10.2 Å². The van der Waals surface area contributed by atoms with Gasteiger partial charge in [-0.05, 0) is 30.9 Å². The summed E-state index contributed by atoms with van der Waals surface area (Å²) in [7, 11) is 0. The van der Waals surface area contributed by atoms with Crippen LogP contribution in [0.15, 0.2) is 36.7 Å². The molecule has 1 aromatic carbocycles. The van der Waals surface area contributed by atoms with E-state index >= 15 is 0 Å². The van der Waals surface area contributed by atoms with Crippen molar-refractivity contribution in [1.29, 1.82) is 0 Å². The molecule has 0 bridgehead atoms. The Labute approximate surface area is 150 Å². The minimum Gasteiger partial charge on any atom is -0.481 e. The molecular formula is C18H21N5O3. The third-order valence-corrected chi connectivity index (χ3v) is 5.63. The number of amides is 2. The molecule has 1 aliphatic carbocycles. The molecule has 0 radical (unpaired) electrons. The second-order valence-corrected chi connectivity index (χ2v) is 7.04. The highest BCUT2D eigenvalue weighted by Gasteiger charge is 2.55. The van der Waals surface area contributed by atoms with Gasteiger partial charge in [-0.2, -0.15) is 0 Å². The van der Waals surface area contributed by atoms with Crippen LogP contribution in [-0.4, -0.2) is 49.9 Å². The molecule has 0 unspecified atom stereocenters. The molecule has 2 aromatic rings. The Balaban J connectivity index is 1.42. The molecule has 1 saturated heterocycles. The summed E-state index contributed by atoms with van der Waals surface area (Å²) in [6, 6.07) is 9.40.